The molecule has 4 N–H and O–H groups in total. The van der Waals surface area contributed by atoms with Crippen LogP contribution in [0.25, 0.3) is 0 Å². The number of benzene rings is 2. The smallest absolute Gasteiger partial charge is 0.340 e. The molecule has 0 spiro atoms. The van der Waals surface area contributed by atoms with Gasteiger partial charge in [0.1, 0.15) is 12.4 Å². The van der Waals surface area contributed by atoms with Gasteiger partial charge in [0.25, 0.3) is 0 Å². The van der Waals surface area contributed by atoms with Crippen LogP contribution in [-0.4, -0.2) is 5.97 Å². The summed E-state index contributed by atoms with van der Waals surface area (Å²) < 4.78 is 18.9. The minimum absolute atomic E-state index is 0.0546. The Bertz CT molecular complexity index is 662. The number of halogens is 2. The minimum Gasteiger partial charge on any atom is -0.457 e. The molecule has 0 saturated heterocycles. The molecule has 2 rings (SSSR count). The predicted octanol–water partition coefficient (Wildman–Crippen LogP) is 3.11. The first kappa shape index (κ1) is 14.3. The zero-order chi connectivity index (χ0) is 14.7. The molecule has 4 nitrogen and oxygen atoms in total. The van der Waals surface area contributed by atoms with Gasteiger partial charge in [0, 0.05) is 21.4 Å². The highest BCUT2D eigenvalue weighted by molar-refractivity contribution is 9.10. The number of carbonyl (C=O) groups excluding carboxylic acids is 1. The number of ether oxygens (including phenoxy) is 1. The molecular formula is C14H12BrFN2O2. The largest absolute Gasteiger partial charge is 0.457 e. The van der Waals surface area contributed by atoms with Crippen molar-refractivity contribution in [1.82, 2.24) is 0 Å². The van der Waals surface area contributed by atoms with E-state index in [2.05, 4.69) is 15.9 Å². The molecule has 0 aliphatic carbocycles. The first-order valence-electron chi connectivity index (χ1n) is 5.73. The van der Waals surface area contributed by atoms with E-state index in [0.717, 1.165) is 0 Å². The SMILES string of the molecule is Nc1ccc(C(=O)OCc2cc(F)ccc2Br)c(N)c1. The number of rotatable bonds is 3. The number of hydrogen-bond acceptors (Lipinski definition) is 4. The fourth-order valence-corrected chi connectivity index (χ4v) is 2.00. The summed E-state index contributed by atoms with van der Waals surface area (Å²) in [4.78, 5) is 11.9. The van der Waals surface area contributed by atoms with Crippen LogP contribution < -0.4 is 11.5 Å². The summed E-state index contributed by atoms with van der Waals surface area (Å²) in [5, 5.41) is 0. The summed E-state index contributed by atoms with van der Waals surface area (Å²) in [7, 11) is 0. The van der Waals surface area contributed by atoms with Gasteiger partial charge >= 0.3 is 5.97 Å². The van der Waals surface area contributed by atoms with Crippen LogP contribution in [0.1, 0.15) is 15.9 Å². The van der Waals surface area contributed by atoms with Gasteiger partial charge in [-0.1, -0.05) is 15.9 Å². The lowest BCUT2D eigenvalue weighted by molar-refractivity contribution is 0.0473. The van der Waals surface area contributed by atoms with Crippen molar-refractivity contribution >= 4 is 33.3 Å². The molecule has 0 aliphatic rings. The lowest BCUT2D eigenvalue weighted by atomic mass is 10.1. The fraction of sp³-hybridized carbons (Fsp3) is 0.0714. The number of anilines is 2. The van der Waals surface area contributed by atoms with Crippen molar-refractivity contribution in [1.29, 1.82) is 0 Å². The number of carbonyl (C=O) groups is 1. The second-order valence-corrected chi connectivity index (χ2v) is 5.01. The van der Waals surface area contributed by atoms with Gasteiger partial charge in [0.05, 0.1) is 5.56 Å². The topological polar surface area (TPSA) is 78.3 Å². The van der Waals surface area contributed by atoms with Crippen molar-refractivity contribution < 1.29 is 13.9 Å². The standard InChI is InChI=1S/C14H12BrFN2O2/c15-12-4-1-9(16)5-8(12)7-20-14(19)11-3-2-10(17)6-13(11)18/h1-6H,7,17-18H2. The van der Waals surface area contributed by atoms with Crippen LogP contribution in [0.2, 0.25) is 0 Å². The third-order valence-electron chi connectivity index (χ3n) is 2.66. The second kappa shape index (κ2) is 5.92. The summed E-state index contributed by atoms with van der Waals surface area (Å²) in [5.41, 5.74) is 12.7. The molecule has 0 atom stereocenters. The molecule has 2 aromatic carbocycles. The van der Waals surface area contributed by atoms with E-state index in [9.17, 15) is 9.18 Å². The lowest BCUT2D eigenvalue weighted by Gasteiger charge is -2.09. The summed E-state index contributed by atoms with van der Waals surface area (Å²) in [6.45, 7) is -0.0546. The van der Waals surface area contributed by atoms with Crippen molar-refractivity contribution in [2.45, 2.75) is 6.61 Å². The normalized spacial score (nSPS) is 10.3. The maximum Gasteiger partial charge on any atom is 0.340 e. The van der Waals surface area contributed by atoms with Gasteiger partial charge in [-0.05, 0) is 36.4 Å². The molecule has 0 radical (unpaired) electrons. The van der Waals surface area contributed by atoms with Gasteiger partial charge in [0.15, 0.2) is 0 Å². The summed E-state index contributed by atoms with van der Waals surface area (Å²) in [6.07, 6.45) is 0. The highest BCUT2D eigenvalue weighted by Gasteiger charge is 2.12. The van der Waals surface area contributed by atoms with Crippen LogP contribution in [0, 0.1) is 5.82 Å². The monoisotopic (exact) mass is 338 g/mol. The molecule has 0 saturated carbocycles. The fourth-order valence-electron chi connectivity index (χ4n) is 1.64. The van der Waals surface area contributed by atoms with Crippen molar-refractivity contribution in [3.05, 3.63) is 57.8 Å². The van der Waals surface area contributed by atoms with E-state index in [0.29, 0.717) is 15.7 Å². The predicted molar refractivity (Wildman–Crippen MR) is 78.5 cm³/mol. The van der Waals surface area contributed by atoms with Crippen LogP contribution in [0.4, 0.5) is 15.8 Å². The van der Waals surface area contributed by atoms with Gasteiger partial charge in [-0.3, -0.25) is 0 Å². The Morgan fingerprint density at radius 3 is 2.65 bits per heavy atom. The van der Waals surface area contributed by atoms with Gasteiger partial charge in [-0.15, -0.1) is 0 Å². The maximum absolute atomic E-state index is 13.1. The Balaban J connectivity index is 2.10. The van der Waals surface area contributed by atoms with Crippen LogP contribution in [0.3, 0.4) is 0 Å². The van der Waals surface area contributed by atoms with Gasteiger partial charge in [-0.2, -0.15) is 0 Å². The molecule has 104 valence electrons. The van der Waals surface area contributed by atoms with Crippen LogP contribution in [0.15, 0.2) is 40.9 Å². The Morgan fingerprint density at radius 1 is 1.20 bits per heavy atom. The number of nitrogen functional groups attached to an aromatic ring is 2. The summed E-state index contributed by atoms with van der Waals surface area (Å²) in [5.74, 6) is -0.982. The van der Waals surface area contributed by atoms with Crippen molar-refractivity contribution in [3.63, 3.8) is 0 Å². The van der Waals surface area contributed by atoms with Gasteiger partial charge < -0.3 is 16.2 Å². The van der Waals surface area contributed by atoms with E-state index in [1.807, 2.05) is 0 Å². The van der Waals surface area contributed by atoms with Crippen LogP contribution in [-0.2, 0) is 11.3 Å². The highest BCUT2D eigenvalue weighted by Crippen LogP contribution is 2.21. The van der Waals surface area contributed by atoms with Gasteiger partial charge in [-0.25, -0.2) is 9.18 Å². The third kappa shape index (κ3) is 3.27. The average molecular weight is 339 g/mol. The zero-order valence-electron chi connectivity index (χ0n) is 10.4. The Labute approximate surface area is 123 Å². The molecule has 0 aromatic heterocycles. The first-order valence-corrected chi connectivity index (χ1v) is 6.52. The molecule has 20 heavy (non-hydrogen) atoms. The molecule has 0 aliphatic heterocycles. The molecule has 2 aromatic rings. The van der Waals surface area contributed by atoms with E-state index in [-0.39, 0.29) is 17.9 Å². The second-order valence-electron chi connectivity index (χ2n) is 4.16. The van der Waals surface area contributed by atoms with E-state index in [1.54, 1.807) is 12.1 Å². The highest BCUT2D eigenvalue weighted by atomic mass is 79.9. The molecule has 6 heteroatoms. The third-order valence-corrected chi connectivity index (χ3v) is 3.44. The minimum atomic E-state index is -0.585. The quantitative estimate of drug-likeness (QED) is 0.665. The lowest BCUT2D eigenvalue weighted by Crippen LogP contribution is -2.09. The average Bonchev–Trinajstić information content (AvgIpc) is 2.39. The Morgan fingerprint density at radius 2 is 1.95 bits per heavy atom. The van der Waals surface area contributed by atoms with Crippen LogP contribution in [0.5, 0.6) is 0 Å². The van der Waals surface area contributed by atoms with E-state index in [4.69, 9.17) is 16.2 Å². The number of esters is 1. The van der Waals surface area contributed by atoms with Crippen molar-refractivity contribution in [2.75, 3.05) is 11.5 Å². The Hall–Kier alpha value is -2.08. The van der Waals surface area contributed by atoms with Crippen molar-refractivity contribution in [3.8, 4) is 0 Å². The molecular weight excluding hydrogens is 327 g/mol. The Kier molecular flexibility index (Phi) is 4.24. The molecule has 0 amide bonds. The zero-order valence-corrected chi connectivity index (χ0v) is 12.0. The maximum atomic E-state index is 13.1. The number of nitrogens with two attached hydrogens (primary N) is 2. The molecule has 0 bridgehead atoms. The van der Waals surface area contributed by atoms with Crippen molar-refractivity contribution in [2.24, 2.45) is 0 Å². The van der Waals surface area contributed by atoms with Crippen LogP contribution >= 0.6 is 15.9 Å². The number of hydrogen-bond donors (Lipinski definition) is 2. The molecule has 0 unspecified atom stereocenters. The summed E-state index contributed by atoms with van der Waals surface area (Å²) in [6, 6.07) is 8.69. The molecule has 0 fully saturated rings. The van der Waals surface area contributed by atoms with E-state index >= 15 is 0 Å². The van der Waals surface area contributed by atoms with Gasteiger partial charge in [0.2, 0.25) is 0 Å². The van der Waals surface area contributed by atoms with E-state index < -0.39 is 11.8 Å². The summed E-state index contributed by atoms with van der Waals surface area (Å²) >= 11 is 3.26. The first-order chi connectivity index (χ1) is 9.47. The van der Waals surface area contributed by atoms with E-state index in [1.165, 1.54) is 24.3 Å². The molecule has 0 heterocycles.